The Morgan fingerprint density at radius 3 is 2.38 bits per heavy atom. The number of nitrogens with zero attached hydrogens (tertiary/aromatic N) is 2. The second kappa shape index (κ2) is 4.98. The van der Waals surface area contributed by atoms with Crippen LogP contribution >= 0.6 is 15.2 Å². The highest BCUT2D eigenvalue weighted by Gasteiger charge is 2.62. The molecule has 116 valence electrons. The molecular formula is C10H13FN2O6P2. The normalized spacial score (nSPS) is 13.8. The first-order valence-corrected chi connectivity index (χ1v) is 8.91. The van der Waals surface area contributed by atoms with E-state index < -0.39 is 26.8 Å². The average Bonchev–Trinajstić information content (AvgIpc) is 2.68. The van der Waals surface area contributed by atoms with E-state index in [-0.39, 0.29) is 5.69 Å². The van der Waals surface area contributed by atoms with Crippen molar-refractivity contribution in [1.82, 2.24) is 9.38 Å². The number of aryl methyl sites for hydroxylation is 1. The summed E-state index contributed by atoms with van der Waals surface area (Å²) >= 11 is 0. The van der Waals surface area contributed by atoms with Gasteiger partial charge in [0.25, 0.3) is 0 Å². The van der Waals surface area contributed by atoms with Gasteiger partial charge in [0.15, 0.2) is 0 Å². The number of alkyl halides is 1. The van der Waals surface area contributed by atoms with E-state index in [0.717, 1.165) is 11.8 Å². The van der Waals surface area contributed by atoms with Gasteiger partial charge in [-0.05, 0) is 24.6 Å². The van der Waals surface area contributed by atoms with Crippen LogP contribution in [-0.2, 0) is 15.6 Å². The van der Waals surface area contributed by atoms with E-state index in [0.29, 0.717) is 5.65 Å². The predicted molar refractivity (Wildman–Crippen MR) is 71.6 cm³/mol. The van der Waals surface area contributed by atoms with Gasteiger partial charge in [-0.3, -0.25) is 9.13 Å². The molecule has 0 fully saturated rings. The fraction of sp³-hybridized carbons (Fsp3) is 0.300. The van der Waals surface area contributed by atoms with E-state index in [1.165, 1.54) is 10.6 Å². The summed E-state index contributed by atoms with van der Waals surface area (Å²) in [5, 5.41) is -3.99. The van der Waals surface area contributed by atoms with Crippen LogP contribution in [0.15, 0.2) is 24.5 Å². The van der Waals surface area contributed by atoms with Gasteiger partial charge in [0, 0.05) is 24.5 Å². The maximum absolute atomic E-state index is 14.4. The van der Waals surface area contributed by atoms with E-state index in [9.17, 15) is 13.5 Å². The first-order valence-electron chi connectivity index (χ1n) is 5.68. The van der Waals surface area contributed by atoms with Crippen molar-refractivity contribution in [2.24, 2.45) is 0 Å². The van der Waals surface area contributed by atoms with Gasteiger partial charge >= 0.3 is 20.3 Å². The van der Waals surface area contributed by atoms with E-state index in [4.69, 9.17) is 19.6 Å². The van der Waals surface area contributed by atoms with E-state index >= 15 is 0 Å². The van der Waals surface area contributed by atoms with Gasteiger partial charge in [0.1, 0.15) is 5.65 Å². The van der Waals surface area contributed by atoms with Crippen molar-refractivity contribution in [2.45, 2.75) is 18.5 Å². The quantitative estimate of drug-likeness (QED) is 0.615. The van der Waals surface area contributed by atoms with Crippen molar-refractivity contribution >= 4 is 20.8 Å². The van der Waals surface area contributed by atoms with Crippen LogP contribution in [0.5, 0.6) is 0 Å². The molecule has 0 unspecified atom stereocenters. The second-order valence-corrected chi connectivity index (χ2v) is 8.61. The molecule has 0 aromatic carbocycles. The van der Waals surface area contributed by atoms with Gasteiger partial charge in [0.05, 0.1) is 0 Å². The number of pyridine rings is 1. The summed E-state index contributed by atoms with van der Waals surface area (Å²) in [5.74, 6) is 0. The SMILES string of the molecule is Cc1ccn2c(CC(F)(P(=O)(O)O)P(=O)(O)O)cnc2c1. The first-order chi connectivity index (χ1) is 9.46. The molecule has 0 radical (unpaired) electrons. The average molecular weight is 338 g/mol. The molecule has 11 heteroatoms. The molecule has 0 spiro atoms. The molecule has 0 atom stereocenters. The summed E-state index contributed by atoms with van der Waals surface area (Å²) in [4.78, 5) is 39.9. The van der Waals surface area contributed by atoms with Gasteiger partial charge in [-0.25, -0.2) is 9.37 Å². The number of halogens is 1. The lowest BCUT2D eigenvalue weighted by molar-refractivity contribution is 0.220. The zero-order valence-corrected chi connectivity index (χ0v) is 12.6. The van der Waals surface area contributed by atoms with Crippen LogP contribution in [0.2, 0.25) is 0 Å². The van der Waals surface area contributed by atoms with Gasteiger partial charge in [-0.1, -0.05) is 0 Å². The minimum Gasteiger partial charge on any atom is -0.322 e. The Bertz CT molecular complexity index is 757. The lowest BCUT2D eigenvalue weighted by atomic mass is 10.3. The molecule has 21 heavy (non-hydrogen) atoms. The molecule has 0 saturated carbocycles. The van der Waals surface area contributed by atoms with Crippen molar-refractivity contribution < 1.29 is 33.1 Å². The summed E-state index contributed by atoms with van der Waals surface area (Å²) in [7, 11) is -11.4. The zero-order valence-electron chi connectivity index (χ0n) is 10.8. The third-order valence-electron chi connectivity index (χ3n) is 3.04. The van der Waals surface area contributed by atoms with Crippen LogP contribution in [0.3, 0.4) is 0 Å². The third kappa shape index (κ3) is 2.81. The molecule has 2 heterocycles. The van der Waals surface area contributed by atoms with E-state index in [1.807, 2.05) is 0 Å². The van der Waals surface area contributed by atoms with Crippen molar-refractivity contribution in [1.29, 1.82) is 0 Å². The van der Waals surface area contributed by atoms with Gasteiger partial charge in [0.2, 0.25) is 0 Å². The Morgan fingerprint density at radius 1 is 1.29 bits per heavy atom. The molecule has 2 aromatic rings. The number of hydrogen-bond acceptors (Lipinski definition) is 3. The number of rotatable bonds is 4. The van der Waals surface area contributed by atoms with Crippen LogP contribution < -0.4 is 0 Å². The second-order valence-electron chi connectivity index (χ2n) is 4.67. The fourth-order valence-electron chi connectivity index (χ4n) is 1.87. The van der Waals surface area contributed by atoms with Crippen LogP contribution in [0, 0.1) is 6.92 Å². The van der Waals surface area contributed by atoms with E-state index in [2.05, 4.69) is 4.98 Å². The Labute approximate surface area is 118 Å². The van der Waals surface area contributed by atoms with Crippen LogP contribution in [-0.4, -0.2) is 34.1 Å². The molecule has 2 rings (SSSR count). The largest absolute Gasteiger partial charge is 0.375 e. The highest BCUT2D eigenvalue weighted by atomic mass is 31.2. The Kier molecular flexibility index (Phi) is 3.87. The summed E-state index contributed by atoms with van der Waals surface area (Å²) in [6, 6.07) is 3.28. The molecule has 0 amide bonds. The minimum atomic E-state index is -5.71. The summed E-state index contributed by atoms with van der Waals surface area (Å²) in [6.07, 6.45) is 1.44. The van der Waals surface area contributed by atoms with E-state index in [1.54, 1.807) is 19.1 Å². The maximum atomic E-state index is 14.4. The van der Waals surface area contributed by atoms with Crippen LogP contribution in [0.4, 0.5) is 4.39 Å². The molecule has 4 N–H and O–H groups in total. The fourth-order valence-corrected chi connectivity index (χ4v) is 3.97. The highest BCUT2D eigenvalue weighted by Crippen LogP contribution is 2.71. The monoisotopic (exact) mass is 338 g/mol. The maximum Gasteiger partial charge on any atom is 0.375 e. The summed E-state index contributed by atoms with van der Waals surface area (Å²) < 4.78 is 38.1. The molecular weight excluding hydrogens is 325 g/mol. The topological polar surface area (TPSA) is 132 Å². The lowest BCUT2D eigenvalue weighted by Gasteiger charge is -2.26. The first kappa shape index (κ1) is 16.3. The molecule has 0 bridgehead atoms. The number of imidazole rings is 1. The summed E-state index contributed by atoms with van der Waals surface area (Å²) in [6.45, 7) is 1.79. The van der Waals surface area contributed by atoms with Crippen LogP contribution in [0.1, 0.15) is 11.3 Å². The molecule has 8 nitrogen and oxygen atoms in total. The third-order valence-corrected chi connectivity index (χ3v) is 6.71. The molecule has 0 saturated heterocycles. The van der Waals surface area contributed by atoms with Gasteiger partial charge in [-0.2, -0.15) is 0 Å². The van der Waals surface area contributed by atoms with Crippen molar-refractivity contribution in [3.8, 4) is 0 Å². The molecule has 0 aliphatic carbocycles. The number of hydrogen-bond donors (Lipinski definition) is 4. The van der Waals surface area contributed by atoms with Crippen molar-refractivity contribution in [3.63, 3.8) is 0 Å². The predicted octanol–water partition coefficient (Wildman–Crippen LogP) is 1.16. The smallest absolute Gasteiger partial charge is 0.322 e. The minimum absolute atomic E-state index is 0.0563. The zero-order chi connectivity index (χ0) is 16.1. The standard InChI is InChI=1S/C10H13FN2O6P2/c1-7-2-3-13-8(6-12-9(13)4-7)5-10(11,20(14,15)16)21(17,18)19/h2-4,6H,5H2,1H3,(H2,14,15,16)(H2,17,18,19). The number of aromatic nitrogens is 2. The molecule has 0 aliphatic heterocycles. The van der Waals surface area contributed by atoms with Crippen molar-refractivity contribution in [2.75, 3.05) is 0 Å². The van der Waals surface area contributed by atoms with Gasteiger partial charge < -0.3 is 24.0 Å². The lowest BCUT2D eigenvalue weighted by Crippen LogP contribution is -2.26. The molecule has 0 aliphatic rings. The Hall–Kier alpha value is -1.08. The van der Waals surface area contributed by atoms with Crippen molar-refractivity contribution in [3.05, 3.63) is 35.8 Å². The summed E-state index contributed by atoms with van der Waals surface area (Å²) in [5.41, 5.74) is 1.18. The highest BCUT2D eigenvalue weighted by molar-refractivity contribution is 7.72. The Morgan fingerprint density at radius 2 is 1.86 bits per heavy atom. The van der Waals surface area contributed by atoms with Gasteiger partial charge in [-0.15, -0.1) is 0 Å². The number of fused-ring (bicyclic) bond motifs is 1. The molecule has 2 aromatic heterocycles. The Balaban J connectivity index is 2.55. The van der Waals surface area contributed by atoms with Crippen LogP contribution in [0.25, 0.3) is 5.65 Å².